The van der Waals surface area contributed by atoms with Crippen molar-refractivity contribution in [3.8, 4) is 10.6 Å². The van der Waals surface area contributed by atoms with Crippen LogP contribution in [0.5, 0.6) is 0 Å². The lowest BCUT2D eigenvalue weighted by Gasteiger charge is -2.06. The van der Waals surface area contributed by atoms with Crippen molar-refractivity contribution in [2.75, 3.05) is 6.54 Å². The van der Waals surface area contributed by atoms with Gasteiger partial charge < -0.3 is 5.32 Å². The van der Waals surface area contributed by atoms with Crippen molar-refractivity contribution >= 4 is 11.3 Å². The van der Waals surface area contributed by atoms with Gasteiger partial charge in [0.15, 0.2) is 0 Å². The molecule has 18 heavy (non-hydrogen) atoms. The predicted octanol–water partition coefficient (Wildman–Crippen LogP) is 3.32. The molecule has 3 nitrogen and oxygen atoms in total. The number of nitrogens with zero attached hydrogens (tertiary/aromatic N) is 2. The summed E-state index contributed by atoms with van der Waals surface area (Å²) in [4.78, 5) is 0. The molecule has 1 atom stereocenters. The maximum Gasteiger partial charge on any atom is 0.148 e. The number of aryl methyl sites for hydroxylation is 1. The van der Waals surface area contributed by atoms with Crippen LogP contribution in [0.3, 0.4) is 0 Å². The van der Waals surface area contributed by atoms with Crippen molar-refractivity contribution < 1.29 is 4.39 Å². The van der Waals surface area contributed by atoms with Gasteiger partial charge in [-0.25, -0.2) is 4.39 Å². The molecule has 1 aromatic heterocycles. The summed E-state index contributed by atoms with van der Waals surface area (Å²) in [6, 6.07) is 4.93. The second-order valence-electron chi connectivity index (χ2n) is 4.18. The van der Waals surface area contributed by atoms with E-state index in [4.69, 9.17) is 0 Å². The van der Waals surface area contributed by atoms with E-state index in [-0.39, 0.29) is 11.9 Å². The van der Waals surface area contributed by atoms with E-state index in [1.54, 1.807) is 17.4 Å². The molecule has 0 bridgehead atoms. The zero-order valence-electron chi connectivity index (χ0n) is 10.7. The first-order valence-corrected chi connectivity index (χ1v) is 6.76. The van der Waals surface area contributed by atoms with Gasteiger partial charge in [0, 0.05) is 5.56 Å². The fourth-order valence-corrected chi connectivity index (χ4v) is 2.74. The van der Waals surface area contributed by atoms with Crippen LogP contribution in [0, 0.1) is 12.7 Å². The summed E-state index contributed by atoms with van der Waals surface area (Å²) in [5.74, 6) is -0.220. The molecule has 0 spiro atoms. The minimum atomic E-state index is -0.220. The Morgan fingerprint density at radius 3 is 2.83 bits per heavy atom. The highest BCUT2D eigenvalue weighted by atomic mass is 32.1. The fourth-order valence-electron chi connectivity index (χ4n) is 1.78. The molecule has 0 saturated carbocycles. The van der Waals surface area contributed by atoms with Crippen LogP contribution in [0.25, 0.3) is 10.6 Å². The highest BCUT2D eigenvalue weighted by Gasteiger charge is 2.13. The zero-order chi connectivity index (χ0) is 13.1. The molecule has 1 aromatic carbocycles. The molecule has 0 fully saturated rings. The van der Waals surface area contributed by atoms with Gasteiger partial charge in [0.25, 0.3) is 0 Å². The third-order valence-electron chi connectivity index (χ3n) is 2.74. The highest BCUT2D eigenvalue weighted by molar-refractivity contribution is 7.14. The van der Waals surface area contributed by atoms with Crippen LogP contribution in [-0.4, -0.2) is 16.7 Å². The molecule has 96 valence electrons. The van der Waals surface area contributed by atoms with Crippen LogP contribution in [-0.2, 0) is 0 Å². The van der Waals surface area contributed by atoms with Crippen molar-refractivity contribution in [3.63, 3.8) is 0 Å². The SMILES string of the molecule is CCNC(C)c1nnc(-c2ccc(F)cc2C)s1. The standard InChI is InChI=1S/C13H16FN3S/c1-4-15-9(3)12-16-17-13(18-12)11-6-5-10(14)7-8(11)2/h5-7,9,15H,4H2,1-3H3. The van der Waals surface area contributed by atoms with Gasteiger partial charge in [-0.3, -0.25) is 0 Å². The van der Waals surface area contributed by atoms with Gasteiger partial charge in [-0.15, -0.1) is 10.2 Å². The Labute approximate surface area is 110 Å². The molecule has 1 N–H and O–H groups in total. The van der Waals surface area contributed by atoms with Gasteiger partial charge in [0.05, 0.1) is 6.04 Å². The van der Waals surface area contributed by atoms with Gasteiger partial charge in [-0.2, -0.15) is 0 Å². The Kier molecular flexibility index (Phi) is 4.04. The van der Waals surface area contributed by atoms with E-state index in [9.17, 15) is 4.39 Å². The summed E-state index contributed by atoms with van der Waals surface area (Å²) in [6.45, 7) is 6.90. The minimum absolute atomic E-state index is 0.196. The number of benzene rings is 1. The second kappa shape index (κ2) is 5.54. The molecule has 0 radical (unpaired) electrons. The Morgan fingerprint density at radius 2 is 2.17 bits per heavy atom. The molecule has 1 unspecified atom stereocenters. The number of hydrogen-bond acceptors (Lipinski definition) is 4. The van der Waals surface area contributed by atoms with Crippen LogP contribution >= 0.6 is 11.3 Å². The van der Waals surface area contributed by atoms with Crippen molar-refractivity contribution in [2.45, 2.75) is 26.8 Å². The van der Waals surface area contributed by atoms with Crippen LogP contribution < -0.4 is 5.32 Å². The Hall–Kier alpha value is -1.33. The number of halogens is 1. The Bertz CT molecular complexity index is 539. The molecule has 0 aliphatic heterocycles. The molecule has 0 aliphatic carbocycles. The van der Waals surface area contributed by atoms with Crippen molar-refractivity contribution in [3.05, 3.63) is 34.6 Å². The highest BCUT2D eigenvalue weighted by Crippen LogP contribution is 2.29. The van der Waals surface area contributed by atoms with Crippen LogP contribution in [0.15, 0.2) is 18.2 Å². The summed E-state index contributed by atoms with van der Waals surface area (Å²) in [5.41, 5.74) is 1.83. The van der Waals surface area contributed by atoms with Crippen LogP contribution in [0.2, 0.25) is 0 Å². The molecule has 2 rings (SSSR count). The molecule has 0 saturated heterocycles. The summed E-state index contributed by atoms with van der Waals surface area (Å²) in [6.07, 6.45) is 0. The topological polar surface area (TPSA) is 37.8 Å². The lowest BCUT2D eigenvalue weighted by atomic mass is 10.1. The average molecular weight is 265 g/mol. The number of hydrogen-bond donors (Lipinski definition) is 1. The molecule has 2 aromatic rings. The quantitative estimate of drug-likeness (QED) is 0.921. The summed E-state index contributed by atoms with van der Waals surface area (Å²) >= 11 is 1.55. The maximum absolute atomic E-state index is 13.1. The Morgan fingerprint density at radius 1 is 1.39 bits per heavy atom. The minimum Gasteiger partial charge on any atom is -0.308 e. The van der Waals surface area contributed by atoms with Crippen molar-refractivity contribution in [1.82, 2.24) is 15.5 Å². The number of rotatable bonds is 4. The summed E-state index contributed by atoms with van der Waals surface area (Å²) < 4.78 is 13.1. The summed E-state index contributed by atoms with van der Waals surface area (Å²) in [5, 5.41) is 13.5. The number of aromatic nitrogens is 2. The van der Waals surface area contributed by atoms with E-state index in [1.807, 2.05) is 6.92 Å². The molecular weight excluding hydrogens is 249 g/mol. The van der Waals surface area contributed by atoms with Gasteiger partial charge in [0.1, 0.15) is 15.8 Å². The van der Waals surface area contributed by atoms with Crippen LogP contribution in [0.4, 0.5) is 4.39 Å². The van der Waals surface area contributed by atoms with E-state index in [2.05, 4.69) is 29.4 Å². The van der Waals surface area contributed by atoms with E-state index in [1.165, 1.54) is 12.1 Å². The molecule has 0 aliphatic rings. The molecular formula is C13H16FN3S. The first-order valence-electron chi connectivity index (χ1n) is 5.95. The lowest BCUT2D eigenvalue weighted by Crippen LogP contribution is -2.17. The third-order valence-corrected chi connectivity index (χ3v) is 3.88. The Balaban J connectivity index is 2.29. The van der Waals surface area contributed by atoms with E-state index >= 15 is 0 Å². The normalized spacial score (nSPS) is 12.7. The van der Waals surface area contributed by atoms with Crippen molar-refractivity contribution in [1.29, 1.82) is 0 Å². The zero-order valence-corrected chi connectivity index (χ0v) is 11.5. The molecule has 5 heteroatoms. The average Bonchev–Trinajstić information content (AvgIpc) is 2.78. The fraction of sp³-hybridized carbons (Fsp3) is 0.385. The second-order valence-corrected chi connectivity index (χ2v) is 5.19. The monoisotopic (exact) mass is 265 g/mol. The third kappa shape index (κ3) is 2.73. The molecule has 0 amide bonds. The van der Waals surface area contributed by atoms with Crippen molar-refractivity contribution in [2.24, 2.45) is 0 Å². The first-order chi connectivity index (χ1) is 8.61. The van der Waals surface area contributed by atoms with E-state index in [0.717, 1.165) is 27.7 Å². The van der Waals surface area contributed by atoms with Gasteiger partial charge >= 0.3 is 0 Å². The largest absolute Gasteiger partial charge is 0.308 e. The number of nitrogens with one attached hydrogen (secondary N) is 1. The smallest absolute Gasteiger partial charge is 0.148 e. The van der Waals surface area contributed by atoms with Crippen LogP contribution in [0.1, 0.15) is 30.5 Å². The van der Waals surface area contributed by atoms with Gasteiger partial charge in [0.2, 0.25) is 0 Å². The lowest BCUT2D eigenvalue weighted by molar-refractivity contribution is 0.590. The predicted molar refractivity (Wildman–Crippen MR) is 72.1 cm³/mol. The first kappa shape index (κ1) is 13.1. The van der Waals surface area contributed by atoms with E-state index < -0.39 is 0 Å². The van der Waals surface area contributed by atoms with Gasteiger partial charge in [-0.05, 0) is 44.2 Å². The maximum atomic E-state index is 13.1. The molecule has 1 heterocycles. The van der Waals surface area contributed by atoms with E-state index in [0.29, 0.717) is 0 Å². The summed E-state index contributed by atoms with van der Waals surface area (Å²) in [7, 11) is 0. The van der Waals surface area contributed by atoms with Gasteiger partial charge in [-0.1, -0.05) is 18.3 Å².